The molecular formula is C13H16N4O. The van der Waals surface area contributed by atoms with E-state index in [1.807, 2.05) is 25.1 Å². The number of nitrogens with two attached hydrogens (primary N) is 1. The lowest BCUT2D eigenvalue weighted by Crippen LogP contribution is -2.12. The first kappa shape index (κ1) is 12.2. The fourth-order valence-electron chi connectivity index (χ4n) is 1.75. The monoisotopic (exact) mass is 244 g/mol. The lowest BCUT2D eigenvalue weighted by molar-refractivity contribution is 0.994. The third kappa shape index (κ3) is 2.68. The van der Waals surface area contributed by atoms with Crippen LogP contribution in [0.1, 0.15) is 17.0 Å². The molecule has 0 atom stereocenters. The zero-order valence-corrected chi connectivity index (χ0v) is 10.4. The van der Waals surface area contributed by atoms with Gasteiger partial charge in [-0.25, -0.2) is 4.98 Å². The molecule has 2 rings (SSSR count). The van der Waals surface area contributed by atoms with Gasteiger partial charge >= 0.3 is 0 Å². The van der Waals surface area contributed by atoms with Crippen LogP contribution in [0.3, 0.4) is 0 Å². The molecule has 4 N–H and O–H groups in total. The van der Waals surface area contributed by atoms with E-state index in [1.54, 1.807) is 6.92 Å². The van der Waals surface area contributed by atoms with Crippen molar-refractivity contribution in [1.29, 1.82) is 0 Å². The predicted molar refractivity (Wildman–Crippen MR) is 72.5 cm³/mol. The normalized spacial score (nSPS) is 10.3. The van der Waals surface area contributed by atoms with Gasteiger partial charge in [0.1, 0.15) is 11.6 Å². The van der Waals surface area contributed by atoms with Crippen LogP contribution < -0.4 is 16.6 Å². The van der Waals surface area contributed by atoms with E-state index in [4.69, 9.17) is 5.73 Å². The molecule has 2 aromatic rings. The third-order valence-corrected chi connectivity index (χ3v) is 2.81. The maximum Gasteiger partial charge on any atom is 0.252 e. The highest BCUT2D eigenvalue weighted by Gasteiger charge is 2.02. The number of nitrogens with zero attached hydrogens (tertiary/aromatic N) is 1. The van der Waals surface area contributed by atoms with Crippen LogP contribution in [-0.4, -0.2) is 9.97 Å². The van der Waals surface area contributed by atoms with Gasteiger partial charge in [0.25, 0.3) is 5.56 Å². The second-order valence-corrected chi connectivity index (χ2v) is 4.20. The van der Waals surface area contributed by atoms with E-state index >= 15 is 0 Å². The third-order valence-electron chi connectivity index (χ3n) is 2.81. The van der Waals surface area contributed by atoms with E-state index in [1.165, 1.54) is 6.07 Å². The largest absolute Gasteiger partial charge is 0.399 e. The summed E-state index contributed by atoms with van der Waals surface area (Å²) in [6.45, 7) is 4.31. The van der Waals surface area contributed by atoms with Crippen molar-refractivity contribution in [2.45, 2.75) is 20.4 Å². The minimum absolute atomic E-state index is 0.158. The number of aryl methyl sites for hydroxylation is 1. The van der Waals surface area contributed by atoms with Crippen molar-refractivity contribution in [3.8, 4) is 0 Å². The van der Waals surface area contributed by atoms with Crippen LogP contribution in [0.2, 0.25) is 0 Å². The fourth-order valence-corrected chi connectivity index (χ4v) is 1.75. The Hall–Kier alpha value is -2.30. The number of H-pyrrole nitrogens is 1. The van der Waals surface area contributed by atoms with Crippen molar-refractivity contribution in [3.63, 3.8) is 0 Å². The first-order valence-electron chi connectivity index (χ1n) is 5.72. The van der Waals surface area contributed by atoms with E-state index in [9.17, 15) is 4.79 Å². The van der Waals surface area contributed by atoms with Crippen molar-refractivity contribution in [1.82, 2.24) is 9.97 Å². The molecule has 0 unspecified atom stereocenters. The first-order valence-corrected chi connectivity index (χ1v) is 5.72. The Bertz CT molecular complexity index is 619. The number of anilines is 2. The minimum Gasteiger partial charge on any atom is -0.399 e. The van der Waals surface area contributed by atoms with Crippen LogP contribution >= 0.6 is 0 Å². The molecule has 0 saturated carbocycles. The molecule has 0 amide bonds. The summed E-state index contributed by atoms with van der Waals surface area (Å²) in [7, 11) is 0. The minimum atomic E-state index is -0.158. The van der Waals surface area contributed by atoms with E-state index in [0.29, 0.717) is 18.2 Å². The molecule has 0 radical (unpaired) electrons. The molecule has 1 heterocycles. The average Bonchev–Trinajstić information content (AvgIpc) is 2.30. The summed E-state index contributed by atoms with van der Waals surface area (Å²) in [5.41, 5.74) is 8.59. The highest BCUT2D eigenvalue weighted by atomic mass is 16.1. The molecule has 0 fully saturated rings. The molecular weight excluding hydrogens is 228 g/mol. The van der Waals surface area contributed by atoms with Crippen molar-refractivity contribution in [2.24, 2.45) is 0 Å². The molecule has 5 heteroatoms. The Labute approximate surface area is 105 Å². The summed E-state index contributed by atoms with van der Waals surface area (Å²) in [6.07, 6.45) is 0. The van der Waals surface area contributed by atoms with Gasteiger partial charge < -0.3 is 16.0 Å². The summed E-state index contributed by atoms with van der Waals surface area (Å²) in [5, 5.41) is 3.12. The second-order valence-electron chi connectivity index (χ2n) is 4.20. The van der Waals surface area contributed by atoms with Gasteiger partial charge in [0.15, 0.2) is 0 Å². The van der Waals surface area contributed by atoms with E-state index in [2.05, 4.69) is 15.3 Å². The lowest BCUT2D eigenvalue weighted by atomic mass is 10.1. The molecule has 0 aliphatic heterocycles. The van der Waals surface area contributed by atoms with Crippen molar-refractivity contribution >= 4 is 11.5 Å². The average molecular weight is 244 g/mol. The fraction of sp³-hybridized carbons (Fsp3) is 0.231. The van der Waals surface area contributed by atoms with Gasteiger partial charge in [0.2, 0.25) is 0 Å². The Kier molecular flexibility index (Phi) is 3.32. The molecule has 5 nitrogen and oxygen atoms in total. The standard InChI is InChI=1S/C13H16N4O/c1-8-10(4-3-5-11(8)14)7-15-12-6-13(18)17-9(2)16-12/h3-6H,7,14H2,1-2H3,(H2,15,16,17,18). The Morgan fingerprint density at radius 3 is 2.89 bits per heavy atom. The molecule has 1 aromatic heterocycles. The summed E-state index contributed by atoms with van der Waals surface area (Å²) < 4.78 is 0. The maximum absolute atomic E-state index is 11.3. The van der Waals surface area contributed by atoms with E-state index in [0.717, 1.165) is 16.8 Å². The van der Waals surface area contributed by atoms with Gasteiger partial charge in [-0.2, -0.15) is 0 Å². The zero-order valence-electron chi connectivity index (χ0n) is 10.4. The smallest absolute Gasteiger partial charge is 0.252 e. The number of aromatic nitrogens is 2. The number of hydrogen-bond donors (Lipinski definition) is 3. The van der Waals surface area contributed by atoms with E-state index in [-0.39, 0.29) is 5.56 Å². The summed E-state index contributed by atoms with van der Waals surface area (Å²) >= 11 is 0. The van der Waals surface area contributed by atoms with Crippen molar-refractivity contribution in [2.75, 3.05) is 11.1 Å². The van der Waals surface area contributed by atoms with Gasteiger partial charge in [-0.15, -0.1) is 0 Å². The highest BCUT2D eigenvalue weighted by Crippen LogP contribution is 2.16. The lowest BCUT2D eigenvalue weighted by Gasteiger charge is -2.10. The van der Waals surface area contributed by atoms with Crippen LogP contribution in [0.25, 0.3) is 0 Å². The molecule has 0 spiro atoms. The molecule has 0 aliphatic carbocycles. The SMILES string of the molecule is Cc1nc(NCc2cccc(N)c2C)cc(=O)[nH]1. The molecule has 0 aliphatic rings. The Morgan fingerprint density at radius 1 is 1.39 bits per heavy atom. The number of hydrogen-bond acceptors (Lipinski definition) is 4. The van der Waals surface area contributed by atoms with Crippen LogP contribution in [0.4, 0.5) is 11.5 Å². The molecule has 94 valence electrons. The number of nitrogens with one attached hydrogen (secondary N) is 2. The van der Waals surface area contributed by atoms with Gasteiger partial charge in [-0.1, -0.05) is 12.1 Å². The molecule has 0 bridgehead atoms. The Morgan fingerprint density at radius 2 is 2.17 bits per heavy atom. The molecule has 18 heavy (non-hydrogen) atoms. The van der Waals surface area contributed by atoms with Crippen molar-refractivity contribution < 1.29 is 0 Å². The Balaban J connectivity index is 2.16. The van der Waals surface area contributed by atoms with E-state index < -0.39 is 0 Å². The van der Waals surface area contributed by atoms with Gasteiger partial charge in [-0.05, 0) is 31.0 Å². The van der Waals surface area contributed by atoms with Gasteiger partial charge in [-0.3, -0.25) is 4.79 Å². The van der Waals surface area contributed by atoms with Crippen molar-refractivity contribution in [3.05, 3.63) is 51.6 Å². The van der Waals surface area contributed by atoms with Gasteiger partial charge in [0, 0.05) is 18.3 Å². The summed E-state index contributed by atoms with van der Waals surface area (Å²) in [4.78, 5) is 18.1. The highest BCUT2D eigenvalue weighted by molar-refractivity contribution is 5.51. The van der Waals surface area contributed by atoms with Crippen LogP contribution in [0.15, 0.2) is 29.1 Å². The van der Waals surface area contributed by atoms with Crippen LogP contribution in [0, 0.1) is 13.8 Å². The zero-order chi connectivity index (χ0) is 13.1. The topological polar surface area (TPSA) is 83.8 Å². The molecule has 1 aromatic carbocycles. The summed E-state index contributed by atoms with van der Waals surface area (Å²) in [6, 6.07) is 7.22. The number of rotatable bonds is 3. The number of nitrogen functional groups attached to an aromatic ring is 1. The van der Waals surface area contributed by atoms with Crippen LogP contribution in [0.5, 0.6) is 0 Å². The number of aromatic amines is 1. The molecule has 0 saturated heterocycles. The quantitative estimate of drug-likeness (QED) is 0.716. The van der Waals surface area contributed by atoms with Crippen LogP contribution in [-0.2, 0) is 6.54 Å². The predicted octanol–water partition coefficient (Wildman–Crippen LogP) is 1.58. The van der Waals surface area contributed by atoms with Gasteiger partial charge in [0.05, 0.1) is 0 Å². The summed E-state index contributed by atoms with van der Waals surface area (Å²) in [5.74, 6) is 1.16. The second kappa shape index (κ2) is 4.91. The first-order chi connectivity index (χ1) is 8.56. The maximum atomic E-state index is 11.3. The number of benzene rings is 1.